The largest absolute Gasteiger partial charge is 0.490 e. The van der Waals surface area contributed by atoms with Gasteiger partial charge in [0.2, 0.25) is 5.91 Å². The highest BCUT2D eigenvalue weighted by atomic mass is 16.5. The van der Waals surface area contributed by atoms with E-state index < -0.39 is 0 Å². The van der Waals surface area contributed by atoms with Gasteiger partial charge in [0.25, 0.3) is 5.56 Å². The van der Waals surface area contributed by atoms with Gasteiger partial charge in [0.05, 0.1) is 19.5 Å². The fraction of sp³-hybridized carbons (Fsp3) is 0.292. The molecule has 0 aliphatic carbocycles. The van der Waals surface area contributed by atoms with Gasteiger partial charge in [0.1, 0.15) is 11.0 Å². The van der Waals surface area contributed by atoms with Crippen molar-refractivity contribution >= 4 is 27.8 Å². The molecule has 0 unspecified atom stereocenters. The molecule has 8 nitrogen and oxygen atoms in total. The van der Waals surface area contributed by atoms with Gasteiger partial charge in [-0.25, -0.2) is 4.98 Å². The molecular formula is C24H26N4O4. The molecule has 0 atom stereocenters. The van der Waals surface area contributed by atoms with Crippen LogP contribution in [0.1, 0.15) is 25.8 Å². The molecule has 4 rings (SSSR count). The molecule has 32 heavy (non-hydrogen) atoms. The first-order valence-electron chi connectivity index (χ1n) is 10.7. The minimum absolute atomic E-state index is 0.152. The van der Waals surface area contributed by atoms with E-state index in [0.29, 0.717) is 42.3 Å². The van der Waals surface area contributed by atoms with Gasteiger partial charge in [-0.3, -0.25) is 14.2 Å². The summed E-state index contributed by atoms with van der Waals surface area (Å²) in [6.45, 7) is 5.51. The Hall–Kier alpha value is -3.81. The number of rotatable bonds is 9. The molecule has 2 aromatic carbocycles. The summed E-state index contributed by atoms with van der Waals surface area (Å²) in [6.07, 6.45) is 1.67. The summed E-state index contributed by atoms with van der Waals surface area (Å²) in [6, 6.07) is 13.3. The van der Waals surface area contributed by atoms with E-state index in [1.807, 2.05) is 56.3 Å². The van der Waals surface area contributed by atoms with Gasteiger partial charge in [0.15, 0.2) is 11.5 Å². The summed E-state index contributed by atoms with van der Waals surface area (Å²) in [7, 11) is 0. The number of ether oxygens (including phenoxy) is 2. The number of aromatic nitrogens is 3. The molecule has 166 valence electrons. The molecule has 0 saturated carbocycles. The molecule has 2 N–H and O–H groups in total. The molecule has 2 aromatic heterocycles. The van der Waals surface area contributed by atoms with E-state index in [1.54, 1.807) is 0 Å². The number of hydrogen-bond donors (Lipinski definition) is 2. The summed E-state index contributed by atoms with van der Waals surface area (Å²) in [5.41, 5.74) is 2.68. The maximum Gasteiger partial charge on any atom is 0.277 e. The van der Waals surface area contributed by atoms with Crippen molar-refractivity contribution < 1.29 is 14.3 Å². The van der Waals surface area contributed by atoms with Crippen molar-refractivity contribution in [1.82, 2.24) is 19.9 Å². The number of para-hydroxylation sites is 1. The fourth-order valence-corrected chi connectivity index (χ4v) is 3.62. The first kappa shape index (κ1) is 21.4. The molecule has 1 amide bonds. The van der Waals surface area contributed by atoms with Crippen molar-refractivity contribution in [3.05, 3.63) is 64.7 Å². The van der Waals surface area contributed by atoms with Crippen LogP contribution < -0.4 is 20.3 Å². The van der Waals surface area contributed by atoms with Gasteiger partial charge in [-0.05, 0) is 37.6 Å². The van der Waals surface area contributed by atoms with Crippen LogP contribution in [0.15, 0.2) is 53.6 Å². The number of carbonyl (C=O) groups excluding carboxylic acids is 1. The Labute approximate surface area is 185 Å². The second-order valence-corrected chi connectivity index (χ2v) is 7.31. The highest BCUT2D eigenvalue weighted by Crippen LogP contribution is 2.28. The molecule has 0 radical (unpaired) electrons. The molecule has 0 spiro atoms. The minimum Gasteiger partial charge on any atom is -0.490 e. The van der Waals surface area contributed by atoms with Crippen LogP contribution in [0.5, 0.6) is 11.5 Å². The molecule has 0 aliphatic rings. The number of amides is 1. The van der Waals surface area contributed by atoms with Crippen molar-refractivity contribution in [2.24, 2.45) is 0 Å². The Kier molecular flexibility index (Phi) is 6.39. The van der Waals surface area contributed by atoms with Gasteiger partial charge in [-0.1, -0.05) is 24.3 Å². The summed E-state index contributed by atoms with van der Waals surface area (Å²) >= 11 is 0. The van der Waals surface area contributed by atoms with E-state index in [9.17, 15) is 9.59 Å². The lowest BCUT2D eigenvalue weighted by molar-refractivity contribution is -0.121. The van der Waals surface area contributed by atoms with Crippen LogP contribution in [-0.4, -0.2) is 33.7 Å². The van der Waals surface area contributed by atoms with E-state index in [-0.39, 0.29) is 24.4 Å². The number of H-pyrrole nitrogens is 1. The fourth-order valence-electron chi connectivity index (χ4n) is 3.62. The average molecular weight is 434 g/mol. The second-order valence-electron chi connectivity index (χ2n) is 7.31. The van der Waals surface area contributed by atoms with Gasteiger partial charge in [0, 0.05) is 30.4 Å². The van der Waals surface area contributed by atoms with Crippen LogP contribution in [-0.2, 0) is 17.9 Å². The standard InChI is InChI=1S/C24H26N4O4/c1-3-31-19-10-9-16(13-20(19)32-4-2)14-25-21(29)11-12-28-15-26-22-17-7-5-6-8-18(17)27-23(22)24(28)30/h5-10,13,15,27H,3-4,11-12,14H2,1-2H3,(H,25,29). The lowest BCUT2D eigenvalue weighted by Gasteiger charge is -2.13. The Balaban J connectivity index is 1.39. The lowest BCUT2D eigenvalue weighted by Crippen LogP contribution is -2.27. The van der Waals surface area contributed by atoms with E-state index in [2.05, 4.69) is 15.3 Å². The number of aromatic amines is 1. The highest BCUT2D eigenvalue weighted by Gasteiger charge is 2.12. The normalized spacial score (nSPS) is 11.1. The summed E-state index contributed by atoms with van der Waals surface area (Å²) in [4.78, 5) is 32.7. The van der Waals surface area contributed by atoms with Crippen LogP contribution in [0, 0.1) is 0 Å². The lowest BCUT2D eigenvalue weighted by atomic mass is 10.2. The van der Waals surface area contributed by atoms with Crippen LogP contribution in [0.4, 0.5) is 0 Å². The first-order valence-corrected chi connectivity index (χ1v) is 10.7. The number of fused-ring (bicyclic) bond motifs is 3. The number of nitrogens with one attached hydrogen (secondary N) is 2. The SMILES string of the molecule is CCOc1ccc(CNC(=O)CCn2cnc3c([nH]c4ccccc43)c2=O)cc1OCC. The third-order valence-corrected chi connectivity index (χ3v) is 5.16. The maximum absolute atomic E-state index is 12.8. The van der Waals surface area contributed by atoms with Crippen molar-refractivity contribution in [3.63, 3.8) is 0 Å². The average Bonchev–Trinajstić information content (AvgIpc) is 3.19. The van der Waals surface area contributed by atoms with Crippen molar-refractivity contribution in [2.45, 2.75) is 33.4 Å². The van der Waals surface area contributed by atoms with Crippen molar-refractivity contribution in [3.8, 4) is 11.5 Å². The van der Waals surface area contributed by atoms with Crippen molar-refractivity contribution in [2.75, 3.05) is 13.2 Å². The number of benzene rings is 2. The smallest absolute Gasteiger partial charge is 0.277 e. The van der Waals surface area contributed by atoms with E-state index >= 15 is 0 Å². The number of aryl methyl sites for hydroxylation is 1. The quantitative estimate of drug-likeness (QED) is 0.421. The zero-order chi connectivity index (χ0) is 22.5. The Morgan fingerprint density at radius 2 is 1.88 bits per heavy atom. The van der Waals surface area contributed by atoms with Gasteiger partial charge < -0.3 is 19.8 Å². The van der Waals surface area contributed by atoms with Crippen LogP contribution in [0.2, 0.25) is 0 Å². The molecule has 8 heteroatoms. The van der Waals surface area contributed by atoms with E-state index in [1.165, 1.54) is 10.9 Å². The van der Waals surface area contributed by atoms with Gasteiger partial charge in [-0.2, -0.15) is 0 Å². The van der Waals surface area contributed by atoms with Gasteiger partial charge >= 0.3 is 0 Å². The highest BCUT2D eigenvalue weighted by molar-refractivity contribution is 6.04. The minimum atomic E-state index is -0.188. The summed E-state index contributed by atoms with van der Waals surface area (Å²) in [5.74, 6) is 1.19. The van der Waals surface area contributed by atoms with Crippen LogP contribution in [0.25, 0.3) is 21.9 Å². The molecule has 0 aliphatic heterocycles. The first-order chi connectivity index (χ1) is 15.6. The van der Waals surface area contributed by atoms with E-state index in [4.69, 9.17) is 9.47 Å². The molecule has 4 aromatic rings. The number of hydrogen-bond acceptors (Lipinski definition) is 5. The van der Waals surface area contributed by atoms with E-state index in [0.717, 1.165) is 16.5 Å². The van der Waals surface area contributed by atoms with Crippen LogP contribution >= 0.6 is 0 Å². The third-order valence-electron chi connectivity index (χ3n) is 5.16. The maximum atomic E-state index is 12.8. The Bertz CT molecular complexity index is 1310. The molecule has 0 bridgehead atoms. The van der Waals surface area contributed by atoms with Crippen molar-refractivity contribution in [1.29, 1.82) is 0 Å². The summed E-state index contributed by atoms with van der Waals surface area (Å²) < 4.78 is 12.7. The zero-order valence-corrected chi connectivity index (χ0v) is 18.2. The monoisotopic (exact) mass is 434 g/mol. The number of carbonyl (C=O) groups is 1. The molecular weight excluding hydrogens is 408 g/mol. The van der Waals surface area contributed by atoms with Crippen LogP contribution in [0.3, 0.4) is 0 Å². The number of nitrogens with zero attached hydrogens (tertiary/aromatic N) is 2. The molecule has 2 heterocycles. The predicted octanol–water partition coefficient (Wildman–Crippen LogP) is 3.38. The Morgan fingerprint density at radius 1 is 1.09 bits per heavy atom. The second kappa shape index (κ2) is 9.55. The zero-order valence-electron chi connectivity index (χ0n) is 18.2. The van der Waals surface area contributed by atoms with Gasteiger partial charge in [-0.15, -0.1) is 0 Å². The summed E-state index contributed by atoms with van der Waals surface area (Å²) in [5, 5.41) is 3.80. The Morgan fingerprint density at radius 3 is 2.69 bits per heavy atom. The topological polar surface area (TPSA) is 98.2 Å². The molecule has 0 saturated heterocycles. The third kappa shape index (κ3) is 4.44. The predicted molar refractivity (Wildman–Crippen MR) is 123 cm³/mol. The molecule has 0 fully saturated rings.